The van der Waals surface area contributed by atoms with Gasteiger partial charge in [0, 0.05) is 6.08 Å². The lowest BCUT2D eigenvalue weighted by Crippen LogP contribution is -1.94. The van der Waals surface area contributed by atoms with Gasteiger partial charge in [-0.25, -0.2) is 4.79 Å². The number of hydrogen-bond acceptors (Lipinski definition) is 2. The van der Waals surface area contributed by atoms with Gasteiger partial charge in [0.1, 0.15) is 0 Å². The number of hydrogen-bond donors (Lipinski definition) is 1. The Kier molecular flexibility index (Phi) is 5.09. The third-order valence-corrected chi connectivity index (χ3v) is 2.78. The van der Waals surface area contributed by atoms with Crippen molar-refractivity contribution in [2.24, 2.45) is 0 Å². The zero-order valence-electron chi connectivity index (χ0n) is 11.0. The highest BCUT2D eigenvalue weighted by atomic mass is 16.5. The van der Waals surface area contributed by atoms with E-state index in [9.17, 15) is 4.79 Å². The topological polar surface area (TPSA) is 46.5 Å². The molecule has 0 fully saturated rings. The molecule has 0 saturated carbocycles. The van der Waals surface area contributed by atoms with E-state index < -0.39 is 5.97 Å². The van der Waals surface area contributed by atoms with Gasteiger partial charge in [-0.2, -0.15) is 0 Å². The second kappa shape index (κ2) is 7.26. The maximum atomic E-state index is 10.4. The van der Waals surface area contributed by atoms with Crippen molar-refractivity contribution in [3.63, 3.8) is 0 Å². The minimum atomic E-state index is -0.944. The number of benzene rings is 2. The highest BCUT2D eigenvalue weighted by Crippen LogP contribution is 2.09. The second-order valence-electron chi connectivity index (χ2n) is 4.39. The van der Waals surface area contributed by atoms with Crippen molar-refractivity contribution in [1.29, 1.82) is 0 Å². The van der Waals surface area contributed by atoms with Crippen LogP contribution in [0.2, 0.25) is 0 Å². The monoisotopic (exact) mass is 268 g/mol. The molecule has 0 heterocycles. The zero-order chi connectivity index (χ0) is 14.2. The van der Waals surface area contributed by atoms with Gasteiger partial charge in [0.2, 0.25) is 0 Å². The fourth-order valence-corrected chi connectivity index (χ4v) is 1.75. The summed E-state index contributed by atoms with van der Waals surface area (Å²) in [7, 11) is 0. The molecule has 3 heteroatoms. The summed E-state index contributed by atoms with van der Waals surface area (Å²) in [6, 6.07) is 17.6. The van der Waals surface area contributed by atoms with Gasteiger partial charge in [0.15, 0.2) is 0 Å². The van der Waals surface area contributed by atoms with Gasteiger partial charge in [-0.05, 0) is 22.8 Å². The molecule has 0 aliphatic rings. The van der Waals surface area contributed by atoms with Crippen LogP contribution in [0, 0.1) is 0 Å². The van der Waals surface area contributed by atoms with Crippen molar-refractivity contribution in [2.45, 2.75) is 13.2 Å². The predicted molar refractivity (Wildman–Crippen MR) is 78.0 cm³/mol. The van der Waals surface area contributed by atoms with Crippen molar-refractivity contribution in [2.75, 3.05) is 0 Å². The first kappa shape index (κ1) is 14.0. The van der Waals surface area contributed by atoms with E-state index in [0.717, 1.165) is 22.8 Å². The molecule has 102 valence electrons. The molecule has 0 radical (unpaired) electrons. The van der Waals surface area contributed by atoms with Crippen molar-refractivity contribution >= 4 is 12.0 Å². The van der Waals surface area contributed by atoms with E-state index in [-0.39, 0.29) is 0 Å². The lowest BCUT2D eigenvalue weighted by Gasteiger charge is -2.05. The zero-order valence-corrected chi connectivity index (χ0v) is 11.0. The number of carboxylic acids is 1. The first-order valence-corrected chi connectivity index (χ1v) is 6.35. The summed E-state index contributed by atoms with van der Waals surface area (Å²) in [4.78, 5) is 10.4. The molecule has 2 aromatic rings. The van der Waals surface area contributed by atoms with Crippen molar-refractivity contribution in [3.05, 3.63) is 77.4 Å². The molecular weight excluding hydrogens is 252 g/mol. The van der Waals surface area contributed by atoms with Gasteiger partial charge in [0.05, 0.1) is 13.2 Å². The van der Waals surface area contributed by atoms with Crippen molar-refractivity contribution in [1.82, 2.24) is 0 Å². The van der Waals surface area contributed by atoms with E-state index in [2.05, 4.69) is 0 Å². The maximum absolute atomic E-state index is 10.4. The lowest BCUT2D eigenvalue weighted by molar-refractivity contribution is -0.131. The van der Waals surface area contributed by atoms with Crippen molar-refractivity contribution in [3.8, 4) is 0 Å². The highest BCUT2D eigenvalue weighted by Gasteiger charge is 1.96. The maximum Gasteiger partial charge on any atom is 0.328 e. The molecule has 0 aliphatic carbocycles. The minimum absolute atomic E-state index is 0.540. The minimum Gasteiger partial charge on any atom is -0.478 e. The van der Waals surface area contributed by atoms with Gasteiger partial charge in [-0.1, -0.05) is 54.6 Å². The van der Waals surface area contributed by atoms with Crippen LogP contribution in [0.5, 0.6) is 0 Å². The van der Waals surface area contributed by atoms with Crippen LogP contribution in [0.1, 0.15) is 16.7 Å². The smallest absolute Gasteiger partial charge is 0.328 e. The third kappa shape index (κ3) is 4.71. The number of aliphatic carboxylic acids is 1. The first-order valence-electron chi connectivity index (χ1n) is 6.35. The Morgan fingerprint density at radius 1 is 0.950 bits per heavy atom. The largest absolute Gasteiger partial charge is 0.478 e. The predicted octanol–water partition coefficient (Wildman–Crippen LogP) is 3.50. The van der Waals surface area contributed by atoms with E-state index in [4.69, 9.17) is 9.84 Å². The van der Waals surface area contributed by atoms with E-state index in [1.165, 1.54) is 0 Å². The fourth-order valence-electron chi connectivity index (χ4n) is 1.75. The van der Waals surface area contributed by atoms with E-state index in [0.29, 0.717) is 13.2 Å². The summed E-state index contributed by atoms with van der Waals surface area (Å²) in [5.41, 5.74) is 3.07. The number of carboxylic acid groups (broad SMARTS) is 1. The molecule has 0 aromatic heterocycles. The Hall–Kier alpha value is -2.39. The Bertz CT molecular complexity index is 571. The standard InChI is InChI=1S/C17H16O3/c18-17(19)11-10-14-6-8-16(9-7-14)13-20-12-15-4-2-1-3-5-15/h1-11H,12-13H2,(H,18,19). The van der Waals surface area contributed by atoms with Crippen LogP contribution in [0.4, 0.5) is 0 Å². The molecule has 1 N–H and O–H groups in total. The summed E-state index contributed by atoms with van der Waals surface area (Å²) in [5.74, 6) is -0.944. The fraction of sp³-hybridized carbons (Fsp3) is 0.118. The number of carbonyl (C=O) groups is 1. The number of ether oxygens (including phenoxy) is 1. The van der Waals surface area contributed by atoms with Crippen LogP contribution in [-0.2, 0) is 22.7 Å². The summed E-state index contributed by atoms with van der Waals surface area (Å²) >= 11 is 0. The molecule has 0 unspecified atom stereocenters. The van der Waals surface area contributed by atoms with Gasteiger partial charge in [-0.15, -0.1) is 0 Å². The summed E-state index contributed by atoms with van der Waals surface area (Å²) in [6.07, 6.45) is 2.69. The summed E-state index contributed by atoms with van der Waals surface area (Å²) in [5, 5.41) is 8.55. The Labute approximate surface area is 118 Å². The third-order valence-electron chi connectivity index (χ3n) is 2.78. The Balaban J connectivity index is 1.83. The average molecular weight is 268 g/mol. The molecule has 0 amide bonds. The van der Waals surface area contributed by atoms with E-state index in [1.54, 1.807) is 6.08 Å². The van der Waals surface area contributed by atoms with Gasteiger partial charge < -0.3 is 9.84 Å². The quantitative estimate of drug-likeness (QED) is 0.816. The van der Waals surface area contributed by atoms with Crippen LogP contribution in [0.15, 0.2) is 60.7 Å². The highest BCUT2D eigenvalue weighted by molar-refractivity contribution is 5.85. The molecule has 0 spiro atoms. The SMILES string of the molecule is O=C(O)C=Cc1ccc(COCc2ccccc2)cc1. The Morgan fingerprint density at radius 2 is 1.55 bits per heavy atom. The molecule has 0 atom stereocenters. The summed E-state index contributed by atoms with van der Waals surface area (Å²) in [6.45, 7) is 1.12. The molecule has 0 bridgehead atoms. The molecule has 3 nitrogen and oxygen atoms in total. The second-order valence-corrected chi connectivity index (χ2v) is 4.39. The van der Waals surface area contributed by atoms with E-state index in [1.807, 2.05) is 54.6 Å². The van der Waals surface area contributed by atoms with Crippen LogP contribution in [-0.4, -0.2) is 11.1 Å². The molecule has 2 rings (SSSR count). The average Bonchev–Trinajstić information content (AvgIpc) is 2.47. The van der Waals surface area contributed by atoms with Crippen molar-refractivity contribution < 1.29 is 14.6 Å². The first-order chi connectivity index (χ1) is 9.74. The molecule has 20 heavy (non-hydrogen) atoms. The van der Waals surface area contributed by atoms with E-state index >= 15 is 0 Å². The van der Waals surface area contributed by atoms with Gasteiger partial charge in [0.25, 0.3) is 0 Å². The molecular formula is C17H16O3. The molecule has 2 aromatic carbocycles. The van der Waals surface area contributed by atoms with Crippen LogP contribution < -0.4 is 0 Å². The van der Waals surface area contributed by atoms with Crippen LogP contribution in [0.3, 0.4) is 0 Å². The molecule has 0 saturated heterocycles. The summed E-state index contributed by atoms with van der Waals surface area (Å²) < 4.78 is 5.63. The Morgan fingerprint density at radius 3 is 2.15 bits per heavy atom. The van der Waals surface area contributed by atoms with Crippen LogP contribution in [0.25, 0.3) is 6.08 Å². The normalized spacial score (nSPS) is 10.8. The van der Waals surface area contributed by atoms with Gasteiger partial charge >= 0.3 is 5.97 Å². The number of rotatable bonds is 6. The van der Waals surface area contributed by atoms with Gasteiger partial charge in [-0.3, -0.25) is 0 Å². The molecule has 0 aliphatic heterocycles. The lowest BCUT2D eigenvalue weighted by atomic mass is 10.1. The van der Waals surface area contributed by atoms with Crippen LogP contribution >= 0.6 is 0 Å².